The average molecular weight is 431 g/mol. The average Bonchev–Trinajstić information content (AvgIpc) is 3.21. The highest BCUT2D eigenvalue weighted by Gasteiger charge is 2.24. The smallest absolute Gasteiger partial charge is 0.241 e. The zero-order chi connectivity index (χ0) is 21.0. The molecule has 0 aliphatic carbocycles. The van der Waals surface area contributed by atoms with E-state index in [4.69, 9.17) is 4.74 Å². The van der Waals surface area contributed by atoms with Gasteiger partial charge < -0.3 is 10.1 Å². The first kappa shape index (κ1) is 21.0. The molecule has 0 saturated heterocycles. The van der Waals surface area contributed by atoms with Crippen LogP contribution in [0.15, 0.2) is 64.9 Å². The normalized spacial score (nSPS) is 12.4. The van der Waals surface area contributed by atoms with Crippen molar-refractivity contribution in [1.82, 2.24) is 4.72 Å². The number of nitrogens with one attached hydrogen (secondary N) is 2. The molecule has 1 atom stereocenters. The van der Waals surface area contributed by atoms with Crippen molar-refractivity contribution in [1.29, 1.82) is 0 Å². The summed E-state index contributed by atoms with van der Waals surface area (Å²) in [6.45, 7) is 3.33. The molecule has 1 unspecified atom stereocenters. The molecule has 1 amide bonds. The summed E-state index contributed by atoms with van der Waals surface area (Å²) < 4.78 is 34.3. The fourth-order valence-electron chi connectivity index (χ4n) is 2.87. The molecule has 2 N–H and O–H groups in total. The van der Waals surface area contributed by atoms with Crippen molar-refractivity contribution in [3.8, 4) is 5.75 Å². The molecule has 1 aromatic heterocycles. The van der Waals surface area contributed by atoms with Gasteiger partial charge in [-0.15, -0.1) is 11.3 Å². The van der Waals surface area contributed by atoms with Gasteiger partial charge in [-0.2, -0.15) is 4.72 Å². The number of carbonyl (C=O) groups excluding carboxylic acids is 1. The Bertz CT molecular complexity index is 1090. The van der Waals surface area contributed by atoms with Gasteiger partial charge in [0.1, 0.15) is 5.75 Å². The van der Waals surface area contributed by atoms with Crippen LogP contribution in [-0.2, 0) is 14.8 Å². The number of anilines is 1. The summed E-state index contributed by atoms with van der Waals surface area (Å²) in [4.78, 5) is 12.4. The summed E-state index contributed by atoms with van der Waals surface area (Å²) in [5.74, 6) is 0.0643. The van der Waals surface area contributed by atoms with E-state index in [2.05, 4.69) is 10.0 Å². The summed E-state index contributed by atoms with van der Waals surface area (Å²) in [6.07, 6.45) is 0. The lowest BCUT2D eigenvalue weighted by Gasteiger charge is -2.19. The Morgan fingerprint density at radius 1 is 1.10 bits per heavy atom. The predicted octanol–water partition coefficient (Wildman–Crippen LogP) is 4.09. The van der Waals surface area contributed by atoms with Crippen molar-refractivity contribution in [3.63, 3.8) is 0 Å². The van der Waals surface area contributed by atoms with Crippen molar-refractivity contribution in [3.05, 3.63) is 76.0 Å². The van der Waals surface area contributed by atoms with Gasteiger partial charge in [0.2, 0.25) is 15.9 Å². The number of thiophene rings is 1. The fourth-order valence-corrected chi connectivity index (χ4v) is 4.98. The van der Waals surface area contributed by atoms with Crippen LogP contribution in [-0.4, -0.2) is 21.4 Å². The largest absolute Gasteiger partial charge is 0.495 e. The third-order valence-electron chi connectivity index (χ3n) is 4.30. The van der Waals surface area contributed by atoms with Crippen LogP contribution >= 0.6 is 11.3 Å². The van der Waals surface area contributed by atoms with Crippen molar-refractivity contribution < 1.29 is 17.9 Å². The second kappa shape index (κ2) is 8.77. The molecule has 0 saturated carbocycles. The molecule has 29 heavy (non-hydrogen) atoms. The molecule has 0 radical (unpaired) electrons. The summed E-state index contributed by atoms with van der Waals surface area (Å²) in [6, 6.07) is 15.4. The fraction of sp³-hybridized carbons (Fsp3) is 0.190. The topological polar surface area (TPSA) is 84.5 Å². The van der Waals surface area contributed by atoms with E-state index in [9.17, 15) is 13.2 Å². The summed E-state index contributed by atoms with van der Waals surface area (Å²) in [5, 5.41) is 4.51. The minimum atomic E-state index is -3.88. The van der Waals surface area contributed by atoms with Crippen LogP contribution in [0.1, 0.15) is 29.0 Å². The Labute approximate surface area is 174 Å². The Morgan fingerprint density at radius 3 is 2.41 bits per heavy atom. The van der Waals surface area contributed by atoms with Crippen molar-refractivity contribution in [2.24, 2.45) is 0 Å². The van der Waals surface area contributed by atoms with Gasteiger partial charge in [-0.3, -0.25) is 4.79 Å². The first-order valence-corrected chi connectivity index (χ1v) is 11.2. The molecule has 6 nitrogen and oxygen atoms in total. The quantitative estimate of drug-likeness (QED) is 0.591. The number of amides is 1. The number of carbonyl (C=O) groups is 1. The number of rotatable bonds is 7. The molecule has 3 rings (SSSR count). The van der Waals surface area contributed by atoms with Crippen molar-refractivity contribution in [2.75, 3.05) is 12.4 Å². The number of hydrogen-bond donors (Lipinski definition) is 2. The van der Waals surface area contributed by atoms with E-state index in [1.165, 1.54) is 43.6 Å². The van der Waals surface area contributed by atoms with Gasteiger partial charge in [0, 0.05) is 11.8 Å². The van der Waals surface area contributed by atoms with E-state index in [-0.39, 0.29) is 10.8 Å². The lowest BCUT2D eigenvalue weighted by atomic mass is 10.0. The molecule has 152 valence electrons. The molecule has 0 aliphatic rings. The second-order valence-electron chi connectivity index (χ2n) is 6.52. The highest BCUT2D eigenvalue weighted by molar-refractivity contribution is 7.89. The van der Waals surface area contributed by atoms with E-state index in [0.717, 1.165) is 16.0 Å². The molecule has 0 bridgehead atoms. The first-order chi connectivity index (χ1) is 13.8. The Balaban J connectivity index is 1.99. The van der Waals surface area contributed by atoms with E-state index < -0.39 is 16.1 Å². The van der Waals surface area contributed by atoms with Crippen LogP contribution < -0.4 is 14.8 Å². The minimum Gasteiger partial charge on any atom is -0.495 e. The SMILES string of the molecule is COc1ccc(S(=O)(=O)NC(c2ccc(C)cc2)c2cccs2)cc1NC(C)=O. The van der Waals surface area contributed by atoms with Gasteiger partial charge >= 0.3 is 0 Å². The number of aryl methyl sites for hydroxylation is 1. The van der Waals surface area contributed by atoms with Gasteiger partial charge in [-0.1, -0.05) is 35.9 Å². The summed E-state index contributed by atoms with van der Waals surface area (Å²) in [5.41, 5.74) is 2.24. The van der Waals surface area contributed by atoms with Gasteiger partial charge in [-0.25, -0.2) is 8.42 Å². The van der Waals surface area contributed by atoms with Crippen molar-refractivity contribution in [2.45, 2.75) is 24.8 Å². The zero-order valence-electron chi connectivity index (χ0n) is 16.3. The first-order valence-electron chi connectivity index (χ1n) is 8.88. The third kappa shape index (κ3) is 5.03. The summed E-state index contributed by atoms with van der Waals surface area (Å²) >= 11 is 1.48. The Kier molecular flexibility index (Phi) is 6.36. The molecule has 8 heteroatoms. The number of methoxy groups -OCH3 is 1. The highest BCUT2D eigenvalue weighted by atomic mass is 32.2. The van der Waals surface area contributed by atoms with Gasteiger partial charge in [0.05, 0.1) is 23.7 Å². The Hall–Kier alpha value is -2.68. The monoisotopic (exact) mass is 430 g/mol. The number of hydrogen-bond acceptors (Lipinski definition) is 5. The molecule has 3 aromatic rings. The van der Waals surface area contributed by atoms with E-state index in [0.29, 0.717) is 11.4 Å². The maximum absolute atomic E-state index is 13.2. The minimum absolute atomic E-state index is 0.0377. The maximum atomic E-state index is 13.2. The van der Waals surface area contributed by atoms with Crippen LogP contribution in [0.3, 0.4) is 0 Å². The molecule has 1 heterocycles. The summed E-state index contributed by atoms with van der Waals surface area (Å²) in [7, 11) is -2.42. The lowest BCUT2D eigenvalue weighted by Crippen LogP contribution is -2.29. The molecular weight excluding hydrogens is 408 g/mol. The van der Waals surface area contributed by atoms with Crippen LogP contribution in [0.25, 0.3) is 0 Å². The molecule has 0 aliphatic heterocycles. The second-order valence-corrected chi connectivity index (χ2v) is 9.22. The Morgan fingerprint density at radius 2 is 1.83 bits per heavy atom. The van der Waals surface area contributed by atoms with Crippen LogP contribution in [0.4, 0.5) is 5.69 Å². The number of benzene rings is 2. The van der Waals surface area contributed by atoms with Gasteiger partial charge in [0.25, 0.3) is 0 Å². The predicted molar refractivity (Wildman–Crippen MR) is 115 cm³/mol. The number of sulfonamides is 1. The van der Waals surface area contributed by atoms with Crippen LogP contribution in [0, 0.1) is 6.92 Å². The zero-order valence-corrected chi connectivity index (χ0v) is 17.9. The van der Waals surface area contributed by atoms with E-state index in [1.807, 2.05) is 48.7 Å². The van der Waals surface area contributed by atoms with Crippen LogP contribution in [0.5, 0.6) is 5.75 Å². The van der Waals surface area contributed by atoms with Crippen LogP contribution in [0.2, 0.25) is 0 Å². The number of ether oxygens (including phenoxy) is 1. The lowest BCUT2D eigenvalue weighted by molar-refractivity contribution is -0.114. The molecule has 0 spiro atoms. The van der Waals surface area contributed by atoms with E-state index >= 15 is 0 Å². The van der Waals surface area contributed by atoms with Gasteiger partial charge in [-0.05, 0) is 42.1 Å². The molecular formula is C21H22N2O4S2. The maximum Gasteiger partial charge on any atom is 0.241 e. The van der Waals surface area contributed by atoms with Gasteiger partial charge in [0.15, 0.2) is 0 Å². The molecule has 2 aromatic carbocycles. The third-order valence-corrected chi connectivity index (χ3v) is 6.66. The highest BCUT2D eigenvalue weighted by Crippen LogP contribution is 2.31. The van der Waals surface area contributed by atoms with Crippen molar-refractivity contribution >= 4 is 33.0 Å². The standard InChI is InChI=1S/C21H22N2O4S2/c1-14-6-8-16(9-7-14)21(20-5-4-12-28-20)23-29(25,26)17-10-11-19(27-3)18(13-17)22-15(2)24/h4-13,21,23H,1-3H3,(H,22,24). The van der Waals surface area contributed by atoms with E-state index in [1.54, 1.807) is 0 Å². The molecule has 0 fully saturated rings.